The van der Waals surface area contributed by atoms with E-state index >= 15 is 0 Å². The molecular weight excluding hydrogens is 540 g/mol. The average Bonchev–Trinajstić information content (AvgIpc) is 3.60. The maximum absolute atomic E-state index is 4.90. The van der Waals surface area contributed by atoms with E-state index in [0.717, 1.165) is 45.3 Å². The van der Waals surface area contributed by atoms with Crippen LogP contribution in [0.1, 0.15) is 0 Å². The van der Waals surface area contributed by atoms with Crippen molar-refractivity contribution < 1.29 is 0 Å². The number of nitrogens with zero attached hydrogens (tertiary/aromatic N) is 6. The van der Waals surface area contributed by atoms with Crippen LogP contribution in [0.15, 0.2) is 134 Å². The Hall–Kier alpha value is -6.14. The van der Waals surface area contributed by atoms with Crippen molar-refractivity contribution >= 4 is 21.5 Å². The molecule has 0 atom stereocenters. The van der Waals surface area contributed by atoms with E-state index in [2.05, 4.69) is 99.0 Å². The second-order valence-corrected chi connectivity index (χ2v) is 10.8. The molecule has 4 aromatic heterocycles. The third-order valence-corrected chi connectivity index (χ3v) is 8.27. The Balaban J connectivity index is 0.000000123. The van der Waals surface area contributed by atoms with Crippen LogP contribution >= 0.6 is 0 Å². The molecule has 2 aliphatic rings. The molecule has 0 bridgehead atoms. The molecule has 8 aromatic rings. The van der Waals surface area contributed by atoms with Crippen molar-refractivity contribution in [2.45, 2.75) is 0 Å². The Labute approximate surface area is 252 Å². The minimum Gasteiger partial charge on any atom is -0.255 e. The van der Waals surface area contributed by atoms with E-state index in [4.69, 9.17) is 9.97 Å². The summed E-state index contributed by atoms with van der Waals surface area (Å²) in [4.78, 5) is 18.3. The first kappa shape index (κ1) is 24.5. The molecule has 204 valence electrons. The lowest BCUT2D eigenvalue weighted by atomic mass is 10.0. The van der Waals surface area contributed by atoms with Gasteiger partial charge in [-0.25, -0.2) is 9.97 Å². The SMILES string of the molecule is c1ccc(-c2ccc3c(n2)-c2cccc4cccc-3c24)nc1.c1ccc(-c2nnc3c(n2)-c2cccc4cccc-3c24)nc1. The summed E-state index contributed by atoms with van der Waals surface area (Å²) in [5, 5.41) is 13.7. The van der Waals surface area contributed by atoms with Gasteiger partial charge in [0.05, 0.1) is 17.1 Å². The van der Waals surface area contributed by atoms with Crippen LogP contribution in [0.3, 0.4) is 0 Å². The summed E-state index contributed by atoms with van der Waals surface area (Å²) < 4.78 is 0. The molecule has 0 saturated carbocycles. The van der Waals surface area contributed by atoms with Gasteiger partial charge in [0, 0.05) is 40.0 Å². The standard InChI is InChI=1S/C20H12N2.C18H10N4/c1-2-12-21-17(9-1)18-11-10-15-14-7-3-5-13-6-4-8-16(19(13)14)20(15)22-18;1-2-10-19-14(9-1)18-20-16-12-7-3-5-11-6-4-8-13(15(11)12)17(16)21-22-18/h1-12H;1-10H. The lowest BCUT2D eigenvalue weighted by Gasteiger charge is -2.04. The fourth-order valence-electron chi connectivity index (χ4n) is 6.34. The molecule has 0 radical (unpaired) electrons. The van der Waals surface area contributed by atoms with E-state index in [1.165, 1.54) is 38.2 Å². The van der Waals surface area contributed by atoms with E-state index in [-0.39, 0.29) is 0 Å². The number of pyridine rings is 3. The van der Waals surface area contributed by atoms with Gasteiger partial charge in [0.2, 0.25) is 5.82 Å². The molecule has 10 rings (SSSR count). The van der Waals surface area contributed by atoms with Crippen LogP contribution in [0.2, 0.25) is 0 Å². The molecule has 0 spiro atoms. The third kappa shape index (κ3) is 3.75. The van der Waals surface area contributed by atoms with Gasteiger partial charge in [-0.15, -0.1) is 10.2 Å². The molecule has 6 nitrogen and oxygen atoms in total. The van der Waals surface area contributed by atoms with Crippen molar-refractivity contribution in [2.75, 3.05) is 0 Å². The summed E-state index contributed by atoms with van der Waals surface area (Å²) in [5.41, 5.74) is 11.3. The predicted molar refractivity (Wildman–Crippen MR) is 174 cm³/mol. The largest absolute Gasteiger partial charge is 0.255 e. The Morgan fingerprint density at radius 3 is 1.59 bits per heavy atom. The zero-order chi connectivity index (χ0) is 29.0. The monoisotopic (exact) mass is 562 g/mol. The number of hydrogen-bond acceptors (Lipinski definition) is 6. The van der Waals surface area contributed by atoms with Gasteiger partial charge in [-0.05, 0) is 58.1 Å². The second-order valence-electron chi connectivity index (χ2n) is 10.8. The number of benzene rings is 4. The maximum Gasteiger partial charge on any atom is 0.201 e. The van der Waals surface area contributed by atoms with Crippen LogP contribution in [0, 0.1) is 0 Å². The number of aromatic nitrogens is 6. The van der Waals surface area contributed by atoms with Gasteiger partial charge in [-0.1, -0.05) is 84.9 Å². The van der Waals surface area contributed by atoms with E-state index in [9.17, 15) is 0 Å². The van der Waals surface area contributed by atoms with Gasteiger partial charge in [0.1, 0.15) is 17.1 Å². The van der Waals surface area contributed by atoms with E-state index in [1.807, 2.05) is 42.5 Å². The Bertz CT molecular complexity index is 2210. The van der Waals surface area contributed by atoms with Crippen LogP contribution in [-0.4, -0.2) is 30.1 Å². The Kier molecular flexibility index (Phi) is 5.40. The van der Waals surface area contributed by atoms with Crippen molar-refractivity contribution in [3.05, 3.63) is 134 Å². The maximum atomic E-state index is 4.90. The van der Waals surface area contributed by atoms with Crippen LogP contribution in [0.4, 0.5) is 0 Å². The molecule has 44 heavy (non-hydrogen) atoms. The van der Waals surface area contributed by atoms with Crippen molar-refractivity contribution in [1.29, 1.82) is 0 Å². The Morgan fingerprint density at radius 2 is 0.932 bits per heavy atom. The molecule has 0 aliphatic heterocycles. The van der Waals surface area contributed by atoms with Crippen molar-refractivity contribution in [1.82, 2.24) is 30.1 Å². The predicted octanol–water partition coefficient (Wildman–Crippen LogP) is 8.68. The fourth-order valence-corrected chi connectivity index (χ4v) is 6.34. The highest BCUT2D eigenvalue weighted by atomic mass is 15.2. The van der Waals surface area contributed by atoms with Crippen LogP contribution < -0.4 is 0 Å². The summed E-state index contributed by atoms with van der Waals surface area (Å²) in [6, 6.07) is 41.2. The smallest absolute Gasteiger partial charge is 0.201 e. The van der Waals surface area contributed by atoms with Crippen LogP contribution in [-0.2, 0) is 0 Å². The summed E-state index contributed by atoms with van der Waals surface area (Å²) >= 11 is 0. The fraction of sp³-hybridized carbons (Fsp3) is 0. The first-order chi connectivity index (χ1) is 21.8. The van der Waals surface area contributed by atoms with Gasteiger partial charge in [0.25, 0.3) is 0 Å². The second kappa shape index (κ2) is 9.71. The molecule has 0 N–H and O–H groups in total. The van der Waals surface area contributed by atoms with Gasteiger partial charge >= 0.3 is 0 Å². The third-order valence-electron chi connectivity index (χ3n) is 8.27. The summed E-state index contributed by atoms with van der Waals surface area (Å²) in [5.74, 6) is 0.559. The topological polar surface area (TPSA) is 77.3 Å². The summed E-state index contributed by atoms with van der Waals surface area (Å²) in [7, 11) is 0. The number of fused-ring (bicyclic) bond motifs is 6. The highest BCUT2D eigenvalue weighted by Gasteiger charge is 2.25. The molecular formula is C38H22N6. The van der Waals surface area contributed by atoms with E-state index < -0.39 is 0 Å². The van der Waals surface area contributed by atoms with Crippen LogP contribution in [0.5, 0.6) is 0 Å². The molecule has 0 amide bonds. The molecule has 2 aliphatic carbocycles. The molecule has 0 saturated heterocycles. The summed E-state index contributed by atoms with van der Waals surface area (Å²) in [6.45, 7) is 0. The van der Waals surface area contributed by atoms with Crippen molar-refractivity contribution in [3.63, 3.8) is 0 Å². The summed E-state index contributed by atoms with van der Waals surface area (Å²) in [6.07, 6.45) is 3.54. The normalized spacial score (nSPS) is 11.6. The van der Waals surface area contributed by atoms with E-state index in [1.54, 1.807) is 12.4 Å². The molecule has 6 heteroatoms. The molecule has 4 heterocycles. The van der Waals surface area contributed by atoms with Crippen molar-refractivity contribution in [3.8, 4) is 67.8 Å². The number of hydrogen-bond donors (Lipinski definition) is 0. The first-order valence-electron chi connectivity index (χ1n) is 14.5. The van der Waals surface area contributed by atoms with Gasteiger partial charge in [0.15, 0.2) is 0 Å². The van der Waals surface area contributed by atoms with Crippen LogP contribution in [0.25, 0.3) is 89.4 Å². The molecule has 0 unspecified atom stereocenters. The van der Waals surface area contributed by atoms with Gasteiger partial charge in [-0.2, -0.15) is 0 Å². The minimum atomic E-state index is 0.559. The zero-order valence-corrected chi connectivity index (χ0v) is 23.4. The van der Waals surface area contributed by atoms with Gasteiger partial charge < -0.3 is 0 Å². The lowest BCUT2D eigenvalue weighted by Crippen LogP contribution is -1.97. The zero-order valence-electron chi connectivity index (χ0n) is 23.4. The lowest BCUT2D eigenvalue weighted by molar-refractivity contribution is 0.987. The average molecular weight is 563 g/mol. The molecule has 4 aromatic carbocycles. The van der Waals surface area contributed by atoms with Gasteiger partial charge in [-0.3, -0.25) is 9.97 Å². The first-order valence-corrected chi connectivity index (χ1v) is 14.5. The number of rotatable bonds is 2. The van der Waals surface area contributed by atoms with Crippen molar-refractivity contribution in [2.24, 2.45) is 0 Å². The highest BCUT2D eigenvalue weighted by molar-refractivity contribution is 6.15. The minimum absolute atomic E-state index is 0.559. The molecule has 0 fully saturated rings. The highest BCUT2D eigenvalue weighted by Crippen LogP contribution is 2.47. The van der Waals surface area contributed by atoms with E-state index in [0.29, 0.717) is 5.82 Å². The quantitative estimate of drug-likeness (QED) is 0.210. The Morgan fingerprint density at radius 1 is 0.341 bits per heavy atom.